The van der Waals surface area contributed by atoms with Crippen molar-refractivity contribution in [2.75, 3.05) is 5.75 Å². The second kappa shape index (κ2) is 5.22. The molecule has 64 valence electrons. The van der Waals surface area contributed by atoms with Gasteiger partial charge in [-0.25, -0.2) is 4.98 Å². The molecule has 0 unspecified atom stereocenters. The van der Waals surface area contributed by atoms with Crippen LogP contribution in [-0.2, 0) is 0 Å². The molecule has 0 saturated heterocycles. The molecule has 1 aromatic rings. The molecule has 0 spiro atoms. The molecule has 0 radical (unpaired) electrons. The van der Waals surface area contributed by atoms with Gasteiger partial charge in [-0.15, -0.1) is 0 Å². The zero-order valence-corrected chi connectivity index (χ0v) is 8.22. The molecule has 1 aromatic heterocycles. The Bertz CT molecular complexity index is 273. The maximum atomic E-state index is 5.70. The average molecular weight is 200 g/mol. The lowest BCUT2D eigenvalue weighted by molar-refractivity contribution is 1.24. The van der Waals surface area contributed by atoms with Gasteiger partial charge in [0.1, 0.15) is 5.15 Å². The fraction of sp³-hybridized carbons (Fsp3) is 0.222. The Hall–Kier alpha value is -0.470. The van der Waals surface area contributed by atoms with Crippen molar-refractivity contribution in [2.24, 2.45) is 0 Å². The van der Waals surface area contributed by atoms with E-state index in [4.69, 9.17) is 11.6 Å². The van der Waals surface area contributed by atoms with Gasteiger partial charge in [0.15, 0.2) is 0 Å². The van der Waals surface area contributed by atoms with Crippen molar-refractivity contribution in [3.8, 4) is 0 Å². The number of hydrogen-bond donors (Lipinski definition) is 1. The quantitative estimate of drug-likeness (QED) is 0.583. The minimum atomic E-state index is 0.531. The minimum absolute atomic E-state index is 0.531. The lowest BCUT2D eigenvalue weighted by Gasteiger charge is -1.92. The van der Waals surface area contributed by atoms with Gasteiger partial charge in [-0.2, -0.15) is 12.6 Å². The van der Waals surface area contributed by atoms with Gasteiger partial charge in [-0.05, 0) is 30.4 Å². The minimum Gasteiger partial charge on any atom is -0.237 e. The third kappa shape index (κ3) is 3.28. The lowest BCUT2D eigenvalue weighted by Crippen LogP contribution is -1.79. The molecule has 12 heavy (non-hydrogen) atoms. The average Bonchev–Trinajstić information content (AvgIpc) is 2.05. The van der Waals surface area contributed by atoms with Crippen LogP contribution in [0.4, 0.5) is 0 Å². The Morgan fingerprint density at radius 1 is 1.50 bits per heavy atom. The zero-order valence-electron chi connectivity index (χ0n) is 6.57. The van der Waals surface area contributed by atoms with Gasteiger partial charge in [-0.3, -0.25) is 0 Å². The van der Waals surface area contributed by atoms with Crippen molar-refractivity contribution in [1.82, 2.24) is 4.98 Å². The van der Waals surface area contributed by atoms with Crippen LogP contribution in [0.15, 0.2) is 24.3 Å². The summed E-state index contributed by atoms with van der Waals surface area (Å²) in [5.41, 5.74) is 0.893. The normalized spacial score (nSPS) is 10.8. The molecule has 0 bridgehead atoms. The number of thiol groups is 1. The molecule has 0 fully saturated rings. The van der Waals surface area contributed by atoms with Crippen LogP contribution >= 0.6 is 24.2 Å². The Balaban J connectivity index is 2.63. The van der Waals surface area contributed by atoms with E-state index in [0.717, 1.165) is 17.9 Å². The highest BCUT2D eigenvalue weighted by Crippen LogP contribution is 2.06. The summed E-state index contributed by atoms with van der Waals surface area (Å²) < 4.78 is 0. The van der Waals surface area contributed by atoms with Crippen molar-refractivity contribution in [3.05, 3.63) is 35.1 Å². The van der Waals surface area contributed by atoms with Crippen molar-refractivity contribution in [2.45, 2.75) is 6.42 Å². The molecule has 0 aliphatic rings. The summed E-state index contributed by atoms with van der Waals surface area (Å²) in [6, 6.07) is 5.56. The van der Waals surface area contributed by atoms with Gasteiger partial charge in [0.2, 0.25) is 0 Å². The first-order valence-electron chi connectivity index (χ1n) is 3.73. The van der Waals surface area contributed by atoms with Crippen molar-refractivity contribution in [3.63, 3.8) is 0 Å². The van der Waals surface area contributed by atoms with E-state index >= 15 is 0 Å². The molecule has 0 aliphatic carbocycles. The highest BCUT2D eigenvalue weighted by Gasteiger charge is 1.88. The largest absolute Gasteiger partial charge is 0.237 e. The summed E-state index contributed by atoms with van der Waals surface area (Å²) in [6.45, 7) is 0. The van der Waals surface area contributed by atoms with Crippen LogP contribution in [0.3, 0.4) is 0 Å². The smallest absolute Gasteiger partial charge is 0.129 e. The highest BCUT2D eigenvalue weighted by atomic mass is 35.5. The molecular formula is C9H10ClNS. The second-order valence-electron chi connectivity index (χ2n) is 2.30. The number of hydrogen-bond acceptors (Lipinski definition) is 2. The zero-order chi connectivity index (χ0) is 8.81. The molecule has 0 amide bonds. The van der Waals surface area contributed by atoms with Crippen molar-refractivity contribution >= 4 is 30.3 Å². The van der Waals surface area contributed by atoms with E-state index in [0.29, 0.717) is 5.15 Å². The highest BCUT2D eigenvalue weighted by molar-refractivity contribution is 7.80. The predicted molar refractivity (Wildman–Crippen MR) is 56.8 cm³/mol. The first kappa shape index (κ1) is 9.62. The molecule has 1 nitrogen and oxygen atoms in total. The van der Waals surface area contributed by atoms with E-state index in [9.17, 15) is 0 Å². The predicted octanol–water partition coefficient (Wildman–Crippen LogP) is 3.07. The Labute approximate surface area is 82.9 Å². The van der Waals surface area contributed by atoms with Crippen LogP contribution in [-0.4, -0.2) is 10.7 Å². The summed E-state index contributed by atoms with van der Waals surface area (Å²) in [5.74, 6) is 0.858. The third-order valence-electron chi connectivity index (χ3n) is 1.32. The summed E-state index contributed by atoms with van der Waals surface area (Å²) in [5, 5.41) is 0.531. The number of allylic oxidation sites excluding steroid dienone is 1. The molecule has 1 heterocycles. The second-order valence-corrected chi connectivity index (χ2v) is 3.13. The maximum absolute atomic E-state index is 5.70. The molecule has 0 atom stereocenters. The van der Waals surface area contributed by atoms with Gasteiger partial charge >= 0.3 is 0 Å². The van der Waals surface area contributed by atoms with E-state index in [1.54, 1.807) is 6.07 Å². The van der Waals surface area contributed by atoms with Gasteiger partial charge in [0.25, 0.3) is 0 Å². The van der Waals surface area contributed by atoms with Gasteiger partial charge in [0.05, 0.1) is 5.69 Å². The first-order valence-corrected chi connectivity index (χ1v) is 4.74. The standard InChI is InChI=1S/C9H10ClNS/c10-9-6-3-5-8(11-9)4-1-2-7-12/h1,3-6,12H,2,7H2. The topological polar surface area (TPSA) is 12.9 Å². The first-order chi connectivity index (χ1) is 5.83. The monoisotopic (exact) mass is 199 g/mol. The molecule has 0 saturated carbocycles. The summed E-state index contributed by atoms with van der Waals surface area (Å²) in [6.07, 6.45) is 4.94. The molecule has 3 heteroatoms. The SMILES string of the molecule is SCCC=Cc1cccc(Cl)n1. The fourth-order valence-corrected chi connectivity index (χ4v) is 1.11. The van der Waals surface area contributed by atoms with Gasteiger partial charge < -0.3 is 0 Å². The van der Waals surface area contributed by atoms with E-state index in [2.05, 4.69) is 17.6 Å². The van der Waals surface area contributed by atoms with Crippen molar-refractivity contribution < 1.29 is 0 Å². The van der Waals surface area contributed by atoms with E-state index < -0.39 is 0 Å². The maximum Gasteiger partial charge on any atom is 0.129 e. The van der Waals surface area contributed by atoms with Crippen LogP contribution in [0, 0.1) is 0 Å². The van der Waals surface area contributed by atoms with E-state index in [-0.39, 0.29) is 0 Å². The van der Waals surface area contributed by atoms with E-state index in [1.165, 1.54) is 0 Å². The van der Waals surface area contributed by atoms with Crippen molar-refractivity contribution in [1.29, 1.82) is 0 Å². The van der Waals surface area contributed by atoms with Crippen LogP contribution in [0.5, 0.6) is 0 Å². The van der Waals surface area contributed by atoms with Gasteiger partial charge in [0, 0.05) is 0 Å². The van der Waals surface area contributed by atoms with Gasteiger partial charge in [-0.1, -0.05) is 23.7 Å². The molecule has 0 aromatic carbocycles. The summed E-state index contributed by atoms with van der Waals surface area (Å²) in [7, 11) is 0. The van der Waals surface area contributed by atoms with Crippen LogP contribution < -0.4 is 0 Å². The lowest BCUT2D eigenvalue weighted by atomic mass is 10.3. The molecular weight excluding hydrogens is 190 g/mol. The third-order valence-corrected chi connectivity index (χ3v) is 1.79. The fourth-order valence-electron chi connectivity index (χ4n) is 0.795. The Kier molecular flexibility index (Phi) is 4.19. The molecule has 1 rings (SSSR count). The molecule has 0 aliphatic heterocycles. The van der Waals surface area contributed by atoms with Crippen LogP contribution in [0.2, 0.25) is 5.15 Å². The number of aromatic nitrogens is 1. The number of rotatable bonds is 3. The summed E-state index contributed by atoms with van der Waals surface area (Å²) >= 11 is 9.79. The molecule has 0 N–H and O–H groups in total. The van der Waals surface area contributed by atoms with Crippen LogP contribution in [0.1, 0.15) is 12.1 Å². The number of nitrogens with zero attached hydrogens (tertiary/aromatic N) is 1. The number of pyridine rings is 1. The Morgan fingerprint density at radius 3 is 3.00 bits per heavy atom. The van der Waals surface area contributed by atoms with E-state index in [1.807, 2.05) is 24.3 Å². The number of halogens is 1. The van der Waals surface area contributed by atoms with Crippen LogP contribution in [0.25, 0.3) is 6.08 Å². The Morgan fingerprint density at radius 2 is 2.33 bits per heavy atom. The summed E-state index contributed by atoms with van der Waals surface area (Å²) in [4.78, 5) is 4.10.